The summed E-state index contributed by atoms with van der Waals surface area (Å²) in [6, 6.07) is 4.40. The van der Waals surface area contributed by atoms with E-state index in [4.69, 9.17) is 0 Å². The van der Waals surface area contributed by atoms with Crippen molar-refractivity contribution in [3.05, 3.63) is 36.3 Å². The SMILES string of the molecule is O=S1CCC(NCc2cn[nH]c2-c2cccnc2)CC1. The van der Waals surface area contributed by atoms with E-state index >= 15 is 0 Å². The minimum Gasteiger partial charge on any atom is -0.310 e. The second-order valence-electron chi connectivity index (χ2n) is 5.02. The smallest absolute Gasteiger partial charge is 0.0710 e. The third kappa shape index (κ3) is 3.13. The Kier molecular flexibility index (Phi) is 4.22. The molecule has 0 aromatic carbocycles. The van der Waals surface area contributed by atoms with Gasteiger partial charge in [0.05, 0.1) is 11.9 Å². The van der Waals surface area contributed by atoms with E-state index in [2.05, 4.69) is 20.5 Å². The molecule has 0 saturated carbocycles. The molecule has 1 aliphatic rings. The molecule has 0 unspecified atom stereocenters. The molecule has 6 heteroatoms. The van der Waals surface area contributed by atoms with Gasteiger partial charge >= 0.3 is 0 Å². The van der Waals surface area contributed by atoms with E-state index in [-0.39, 0.29) is 0 Å². The average molecular weight is 290 g/mol. The van der Waals surface area contributed by atoms with Gasteiger partial charge in [-0.2, -0.15) is 5.10 Å². The van der Waals surface area contributed by atoms with E-state index in [9.17, 15) is 4.21 Å². The van der Waals surface area contributed by atoms with Gasteiger partial charge in [0.15, 0.2) is 0 Å². The van der Waals surface area contributed by atoms with Crippen LogP contribution in [0.3, 0.4) is 0 Å². The maximum absolute atomic E-state index is 11.3. The van der Waals surface area contributed by atoms with Gasteiger partial charge in [-0.15, -0.1) is 0 Å². The van der Waals surface area contributed by atoms with Crippen LogP contribution in [0.2, 0.25) is 0 Å². The molecule has 0 radical (unpaired) electrons. The van der Waals surface area contributed by atoms with Crippen LogP contribution in [0.1, 0.15) is 18.4 Å². The maximum Gasteiger partial charge on any atom is 0.0710 e. The normalized spacial score (nSPS) is 22.8. The van der Waals surface area contributed by atoms with Crippen LogP contribution in [-0.4, -0.2) is 36.9 Å². The van der Waals surface area contributed by atoms with E-state index in [0.717, 1.165) is 47.7 Å². The lowest BCUT2D eigenvalue weighted by Crippen LogP contribution is -2.35. The molecule has 1 fully saturated rings. The van der Waals surface area contributed by atoms with Crippen LogP contribution in [0.25, 0.3) is 11.3 Å². The molecule has 0 atom stereocenters. The quantitative estimate of drug-likeness (QED) is 0.894. The van der Waals surface area contributed by atoms with Crippen LogP contribution >= 0.6 is 0 Å². The fraction of sp³-hybridized carbons (Fsp3) is 0.429. The maximum atomic E-state index is 11.3. The highest BCUT2D eigenvalue weighted by Gasteiger charge is 2.18. The molecule has 20 heavy (non-hydrogen) atoms. The first-order valence-corrected chi connectivity index (χ1v) is 8.33. The van der Waals surface area contributed by atoms with Gasteiger partial charge in [0, 0.05) is 58.4 Å². The molecule has 0 amide bonds. The average Bonchev–Trinajstić information content (AvgIpc) is 2.96. The Labute approximate surface area is 120 Å². The van der Waals surface area contributed by atoms with Crippen molar-refractivity contribution < 1.29 is 4.21 Å². The standard InChI is InChI=1S/C14H18N4OS/c19-20-6-3-13(4-7-20)16-9-12-10-17-18-14(12)11-2-1-5-15-8-11/h1-2,5,8,10,13,16H,3-4,6-7,9H2,(H,17,18). The number of nitrogens with zero attached hydrogens (tertiary/aromatic N) is 2. The summed E-state index contributed by atoms with van der Waals surface area (Å²) in [5.41, 5.74) is 3.21. The van der Waals surface area contributed by atoms with Gasteiger partial charge in [0.25, 0.3) is 0 Å². The zero-order valence-corrected chi connectivity index (χ0v) is 12.0. The van der Waals surface area contributed by atoms with Gasteiger partial charge in [-0.3, -0.25) is 14.3 Å². The van der Waals surface area contributed by atoms with Crippen molar-refractivity contribution in [3.63, 3.8) is 0 Å². The Balaban J connectivity index is 1.64. The summed E-state index contributed by atoms with van der Waals surface area (Å²) in [5.74, 6) is 1.64. The Morgan fingerprint density at radius 3 is 2.95 bits per heavy atom. The molecule has 1 aliphatic heterocycles. The fourth-order valence-corrected chi connectivity index (χ4v) is 3.76. The van der Waals surface area contributed by atoms with E-state index in [1.807, 2.05) is 24.5 Å². The molecule has 3 rings (SSSR count). The van der Waals surface area contributed by atoms with Gasteiger partial charge in [-0.25, -0.2) is 0 Å². The topological polar surface area (TPSA) is 70.7 Å². The number of aromatic amines is 1. The van der Waals surface area contributed by atoms with E-state index in [1.165, 1.54) is 0 Å². The second-order valence-corrected chi connectivity index (χ2v) is 6.71. The molecule has 2 aromatic heterocycles. The number of hydrogen-bond donors (Lipinski definition) is 2. The van der Waals surface area contributed by atoms with Gasteiger partial charge in [0.2, 0.25) is 0 Å². The van der Waals surface area contributed by atoms with Crippen LogP contribution in [0.5, 0.6) is 0 Å². The predicted molar refractivity (Wildman–Crippen MR) is 79.6 cm³/mol. The van der Waals surface area contributed by atoms with Gasteiger partial charge in [0.1, 0.15) is 0 Å². The molecule has 106 valence electrons. The molecule has 2 N–H and O–H groups in total. The zero-order valence-electron chi connectivity index (χ0n) is 11.2. The molecule has 3 heterocycles. The number of pyridine rings is 1. The number of aromatic nitrogens is 3. The number of H-pyrrole nitrogens is 1. The number of nitrogens with one attached hydrogen (secondary N) is 2. The highest BCUT2D eigenvalue weighted by atomic mass is 32.2. The first-order valence-electron chi connectivity index (χ1n) is 6.84. The molecule has 0 spiro atoms. The highest BCUT2D eigenvalue weighted by molar-refractivity contribution is 7.85. The largest absolute Gasteiger partial charge is 0.310 e. The van der Waals surface area contributed by atoms with E-state index in [0.29, 0.717) is 6.04 Å². The van der Waals surface area contributed by atoms with Crippen molar-refractivity contribution in [2.45, 2.75) is 25.4 Å². The molecule has 0 bridgehead atoms. The lowest BCUT2D eigenvalue weighted by Gasteiger charge is -2.22. The summed E-state index contributed by atoms with van der Waals surface area (Å²) in [5, 5.41) is 10.7. The molecule has 1 saturated heterocycles. The van der Waals surface area contributed by atoms with Crippen molar-refractivity contribution in [1.82, 2.24) is 20.5 Å². The van der Waals surface area contributed by atoms with E-state index in [1.54, 1.807) is 6.20 Å². The number of hydrogen-bond acceptors (Lipinski definition) is 4. The lowest BCUT2D eigenvalue weighted by atomic mass is 10.1. The first kappa shape index (κ1) is 13.5. The zero-order chi connectivity index (χ0) is 13.8. The predicted octanol–water partition coefficient (Wildman–Crippen LogP) is 1.47. The summed E-state index contributed by atoms with van der Waals surface area (Å²) in [6.07, 6.45) is 7.44. The Morgan fingerprint density at radius 1 is 1.35 bits per heavy atom. The minimum absolute atomic E-state index is 0.462. The van der Waals surface area contributed by atoms with Crippen LogP contribution in [-0.2, 0) is 17.3 Å². The molecule has 0 aliphatic carbocycles. The van der Waals surface area contributed by atoms with Crippen molar-refractivity contribution in [2.24, 2.45) is 0 Å². The van der Waals surface area contributed by atoms with Gasteiger partial charge < -0.3 is 5.32 Å². The third-order valence-electron chi connectivity index (χ3n) is 3.64. The van der Waals surface area contributed by atoms with Gasteiger partial charge in [-0.05, 0) is 25.0 Å². The van der Waals surface area contributed by atoms with Crippen LogP contribution < -0.4 is 5.32 Å². The summed E-state index contributed by atoms with van der Waals surface area (Å²) >= 11 is 0. The lowest BCUT2D eigenvalue weighted by molar-refractivity contribution is 0.475. The summed E-state index contributed by atoms with van der Waals surface area (Å²) in [6.45, 7) is 0.776. The first-order chi connectivity index (χ1) is 9.83. The summed E-state index contributed by atoms with van der Waals surface area (Å²) in [4.78, 5) is 4.14. The Hall–Kier alpha value is -1.53. The fourth-order valence-electron chi connectivity index (χ4n) is 2.46. The van der Waals surface area contributed by atoms with Crippen molar-refractivity contribution >= 4 is 10.8 Å². The second kappa shape index (κ2) is 6.28. The Morgan fingerprint density at radius 2 is 2.20 bits per heavy atom. The van der Waals surface area contributed by atoms with Crippen LogP contribution in [0.4, 0.5) is 0 Å². The Bertz CT molecular complexity index is 574. The van der Waals surface area contributed by atoms with Crippen LogP contribution in [0.15, 0.2) is 30.7 Å². The van der Waals surface area contributed by atoms with E-state index < -0.39 is 10.8 Å². The monoisotopic (exact) mass is 290 g/mol. The van der Waals surface area contributed by atoms with Crippen molar-refractivity contribution in [3.8, 4) is 11.3 Å². The molecular weight excluding hydrogens is 272 g/mol. The summed E-state index contributed by atoms with van der Waals surface area (Å²) in [7, 11) is -0.602. The third-order valence-corrected chi connectivity index (χ3v) is 5.02. The molecule has 5 nitrogen and oxygen atoms in total. The van der Waals surface area contributed by atoms with Crippen molar-refractivity contribution in [2.75, 3.05) is 11.5 Å². The van der Waals surface area contributed by atoms with Gasteiger partial charge in [-0.1, -0.05) is 0 Å². The summed E-state index contributed by atoms with van der Waals surface area (Å²) < 4.78 is 11.3. The van der Waals surface area contributed by atoms with Crippen LogP contribution in [0, 0.1) is 0 Å². The number of rotatable bonds is 4. The highest BCUT2D eigenvalue weighted by Crippen LogP contribution is 2.20. The minimum atomic E-state index is -0.602. The molecular formula is C14H18N4OS. The molecule has 2 aromatic rings. The van der Waals surface area contributed by atoms with Crippen molar-refractivity contribution in [1.29, 1.82) is 0 Å².